The summed E-state index contributed by atoms with van der Waals surface area (Å²) in [5.41, 5.74) is 0.681. The minimum Gasteiger partial charge on any atom is -0.493 e. The third-order valence-electron chi connectivity index (χ3n) is 4.63. The molecule has 2 aromatic rings. The largest absolute Gasteiger partial charge is 0.493 e. The van der Waals surface area contributed by atoms with Crippen LogP contribution < -0.4 is 14.8 Å². The average Bonchev–Trinajstić information content (AvgIpc) is 2.75. The molecule has 0 fully saturated rings. The predicted molar refractivity (Wildman–Crippen MR) is 123 cm³/mol. The highest BCUT2D eigenvalue weighted by Crippen LogP contribution is 2.26. The smallest absolute Gasteiger partial charge is 0.261 e. The second-order valence-corrected chi connectivity index (χ2v) is 8.36. The number of carbonyl (C=O) groups excluding carboxylic acids is 2. The Kier molecular flexibility index (Phi) is 9.46. The average molecular weight is 467 g/mol. The summed E-state index contributed by atoms with van der Waals surface area (Å²) in [6.07, 6.45) is 0. The van der Waals surface area contributed by atoms with Crippen molar-refractivity contribution in [3.05, 3.63) is 58.1 Å². The summed E-state index contributed by atoms with van der Waals surface area (Å²) in [4.78, 5) is 27.2. The molecule has 2 amide bonds. The van der Waals surface area contributed by atoms with Crippen molar-refractivity contribution in [1.29, 1.82) is 0 Å². The highest BCUT2D eigenvalue weighted by Gasteiger charge is 2.27. The van der Waals surface area contributed by atoms with E-state index in [-0.39, 0.29) is 25.0 Å². The Morgan fingerprint density at radius 2 is 1.74 bits per heavy atom. The van der Waals surface area contributed by atoms with Gasteiger partial charge < -0.3 is 19.7 Å². The SMILES string of the molecule is COc1ccccc1OCC(=O)N(Cc1ccc(Cl)cc1Cl)[C@H](C)C(=O)NCC(C)C. The van der Waals surface area contributed by atoms with E-state index in [4.69, 9.17) is 32.7 Å². The fraction of sp³-hybridized carbons (Fsp3) is 0.391. The topological polar surface area (TPSA) is 67.9 Å². The molecule has 6 nitrogen and oxygen atoms in total. The van der Waals surface area contributed by atoms with Crippen molar-refractivity contribution in [1.82, 2.24) is 10.2 Å². The molecule has 0 radical (unpaired) electrons. The molecule has 2 rings (SSSR count). The number of methoxy groups -OCH3 is 1. The second kappa shape index (κ2) is 11.8. The fourth-order valence-electron chi connectivity index (χ4n) is 2.83. The molecule has 31 heavy (non-hydrogen) atoms. The van der Waals surface area contributed by atoms with Crippen molar-refractivity contribution >= 4 is 35.0 Å². The van der Waals surface area contributed by atoms with Gasteiger partial charge in [0.2, 0.25) is 5.91 Å². The minimum atomic E-state index is -0.723. The first-order valence-electron chi connectivity index (χ1n) is 9.99. The third-order valence-corrected chi connectivity index (χ3v) is 5.21. The van der Waals surface area contributed by atoms with Gasteiger partial charge in [0.25, 0.3) is 5.91 Å². The Morgan fingerprint density at radius 1 is 1.06 bits per heavy atom. The zero-order chi connectivity index (χ0) is 23.0. The van der Waals surface area contributed by atoms with E-state index in [2.05, 4.69) is 5.32 Å². The highest BCUT2D eigenvalue weighted by atomic mass is 35.5. The fourth-order valence-corrected chi connectivity index (χ4v) is 3.30. The number of nitrogens with one attached hydrogen (secondary N) is 1. The number of hydrogen-bond acceptors (Lipinski definition) is 4. The number of halogens is 2. The van der Waals surface area contributed by atoms with Crippen LogP contribution in [0.3, 0.4) is 0 Å². The molecule has 0 heterocycles. The molecule has 0 bridgehead atoms. The molecule has 0 spiro atoms. The first-order valence-corrected chi connectivity index (χ1v) is 10.8. The number of para-hydroxylation sites is 2. The number of benzene rings is 2. The van der Waals surface area contributed by atoms with Crippen LogP contribution in [-0.4, -0.2) is 43.0 Å². The Balaban J connectivity index is 2.20. The van der Waals surface area contributed by atoms with Gasteiger partial charge in [0.05, 0.1) is 7.11 Å². The van der Waals surface area contributed by atoms with Crippen molar-refractivity contribution in [2.24, 2.45) is 5.92 Å². The van der Waals surface area contributed by atoms with Crippen LogP contribution in [0.25, 0.3) is 0 Å². The van der Waals surface area contributed by atoms with Gasteiger partial charge in [-0.15, -0.1) is 0 Å². The van der Waals surface area contributed by atoms with Gasteiger partial charge in [-0.05, 0) is 42.7 Å². The number of hydrogen-bond donors (Lipinski definition) is 1. The maximum atomic E-state index is 13.1. The summed E-state index contributed by atoms with van der Waals surface area (Å²) in [5, 5.41) is 3.79. The Labute approximate surface area is 193 Å². The molecule has 0 aromatic heterocycles. The number of carbonyl (C=O) groups is 2. The normalized spacial score (nSPS) is 11.7. The molecule has 168 valence electrons. The first-order chi connectivity index (χ1) is 14.7. The zero-order valence-electron chi connectivity index (χ0n) is 18.2. The summed E-state index contributed by atoms with van der Waals surface area (Å²) >= 11 is 12.3. The molecule has 0 unspecified atom stereocenters. The maximum Gasteiger partial charge on any atom is 0.261 e. The number of rotatable bonds is 10. The van der Waals surface area contributed by atoms with E-state index in [9.17, 15) is 9.59 Å². The molecular weight excluding hydrogens is 439 g/mol. The van der Waals surface area contributed by atoms with Gasteiger partial charge in [-0.3, -0.25) is 9.59 Å². The van der Waals surface area contributed by atoms with Crippen LogP contribution in [0.15, 0.2) is 42.5 Å². The number of nitrogens with zero attached hydrogens (tertiary/aromatic N) is 1. The molecule has 0 saturated heterocycles. The number of amides is 2. The molecule has 0 saturated carbocycles. The number of ether oxygens (including phenoxy) is 2. The van der Waals surface area contributed by atoms with E-state index in [0.717, 1.165) is 0 Å². The van der Waals surface area contributed by atoms with E-state index >= 15 is 0 Å². The van der Waals surface area contributed by atoms with Crippen molar-refractivity contribution in [2.75, 3.05) is 20.3 Å². The van der Waals surface area contributed by atoms with Gasteiger partial charge in [0, 0.05) is 23.1 Å². The lowest BCUT2D eigenvalue weighted by Crippen LogP contribution is -2.49. The molecule has 1 atom stereocenters. The van der Waals surface area contributed by atoms with Crippen LogP contribution in [0.5, 0.6) is 11.5 Å². The van der Waals surface area contributed by atoms with E-state index in [1.165, 1.54) is 12.0 Å². The van der Waals surface area contributed by atoms with Crippen LogP contribution in [0.2, 0.25) is 10.0 Å². The summed E-state index contributed by atoms with van der Waals surface area (Å²) in [5.74, 6) is 0.651. The summed E-state index contributed by atoms with van der Waals surface area (Å²) in [6, 6.07) is 11.4. The molecule has 0 aliphatic carbocycles. The third kappa shape index (κ3) is 7.33. The quantitative estimate of drug-likeness (QED) is 0.556. The van der Waals surface area contributed by atoms with Gasteiger partial charge >= 0.3 is 0 Å². The molecule has 8 heteroatoms. The lowest BCUT2D eigenvalue weighted by molar-refractivity contribution is -0.142. The molecule has 2 aromatic carbocycles. The highest BCUT2D eigenvalue weighted by molar-refractivity contribution is 6.35. The molecule has 0 aliphatic rings. The predicted octanol–water partition coefficient (Wildman–Crippen LogP) is 4.57. The van der Waals surface area contributed by atoms with Crippen LogP contribution in [0, 0.1) is 5.92 Å². The van der Waals surface area contributed by atoms with E-state index < -0.39 is 6.04 Å². The van der Waals surface area contributed by atoms with Crippen LogP contribution in [0.4, 0.5) is 0 Å². The van der Waals surface area contributed by atoms with Crippen molar-refractivity contribution < 1.29 is 19.1 Å². The Morgan fingerprint density at radius 3 is 2.35 bits per heavy atom. The summed E-state index contributed by atoms with van der Waals surface area (Å²) in [6.45, 7) is 6.09. The summed E-state index contributed by atoms with van der Waals surface area (Å²) < 4.78 is 10.9. The van der Waals surface area contributed by atoms with Gasteiger partial charge in [0.15, 0.2) is 18.1 Å². The van der Waals surface area contributed by atoms with Gasteiger partial charge in [0.1, 0.15) is 6.04 Å². The van der Waals surface area contributed by atoms with E-state index in [1.807, 2.05) is 19.9 Å². The zero-order valence-corrected chi connectivity index (χ0v) is 19.7. The molecular formula is C23H28Cl2N2O4. The first kappa shape index (κ1) is 24.8. The van der Waals surface area contributed by atoms with Crippen molar-refractivity contribution in [2.45, 2.75) is 33.4 Å². The van der Waals surface area contributed by atoms with Gasteiger partial charge in [-0.2, -0.15) is 0 Å². The van der Waals surface area contributed by atoms with Gasteiger partial charge in [-0.1, -0.05) is 55.2 Å². The molecule has 0 aliphatic heterocycles. The van der Waals surface area contributed by atoms with Crippen LogP contribution in [0.1, 0.15) is 26.3 Å². The standard InChI is InChI=1S/C23H28Cl2N2O4/c1-15(2)12-26-23(29)16(3)27(13-17-9-10-18(24)11-19(17)25)22(28)14-31-21-8-6-5-7-20(21)30-4/h5-11,15-16H,12-14H2,1-4H3,(H,26,29)/t16-/m1/s1. The molecule has 1 N–H and O–H groups in total. The van der Waals surface area contributed by atoms with Crippen LogP contribution in [-0.2, 0) is 16.1 Å². The van der Waals surface area contributed by atoms with Crippen LogP contribution >= 0.6 is 23.2 Å². The van der Waals surface area contributed by atoms with Crippen molar-refractivity contribution in [3.63, 3.8) is 0 Å². The Hall–Kier alpha value is -2.44. The van der Waals surface area contributed by atoms with E-state index in [1.54, 1.807) is 43.3 Å². The second-order valence-electron chi connectivity index (χ2n) is 7.51. The lowest BCUT2D eigenvalue weighted by Gasteiger charge is -2.29. The minimum absolute atomic E-state index is 0.139. The monoisotopic (exact) mass is 466 g/mol. The lowest BCUT2D eigenvalue weighted by atomic mass is 10.1. The Bertz CT molecular complexity index is 905. The van der Waals surface area contributed by atoms with Crippen molar-refractivity contribution in [3.8, 4) is 11.5 Å². The van der Waals surface area contributed by atoms with E-state index in [0.29, 0.717) is 39.6 Å². The maximum absolute atomic E-state index is 13.1. The van der Waals surface area contributed by atoms with Gasteiger partial charge in [-0.25, -0.2) is 0 Å². The summed E-state index contributed by atoms with van der Waals surface area (Å²) in [7, 11) is 1.53.